The Morgan fingerprint density at radius 3 is 2.64 bits per heavy atom. The molecular weight excluding hydrogens is 356 g/mol. The number of carbonyl (C=O) groups is 1. The van der Waals surface area contributed by atoms with E-state index in [0.717, 1.165) is 69.1 Å². The molecule has 0 unspecified atom stereocenters. The Bertz CT molecular complexity index is 869. The molecule has 1 saturated heterocycles. The van der Waals surface area contributed by atoms with E-state index in [0.29, 0.717) is 24.7 Å². The van der Waals surface area contributed by atoms with Gasteiger partial charge in [0.1, 0.15) is 17.9 Å². The Labute approximate surface area is 164 Å². The van der Waals surface area contributed by atoms with Gasteiger partial charge in [-0.2, -0.15) is 0 Å². The van der Waals surface area contributed by atoms with Crippen LogP contribution in [0.3, 0.4) is 0 Å². The first-order chi connectivity index (χ1) is 13.7. The van der Waals surface area contributed by atoms with Gasteiger partial charge < -0.3 is 19.2 Å². The molecule has 2 aliphatic heterocycles. The molecule has 8 heteroatoms. The van der Waals surface area contributed by atoms with Gasteiger partial charge in [-0.05, 0) is 26.3 Å². The molecule has 5 rings (SSSR count). The van der Waals surface area contributed by atoms with Gasteiger partial charge in [-0.1, -0.05) is 5.16 Å². The standard InChI is InChI=1S/C20H26N6O2/c1-24-8-10-25(11-9-24)19-15-4-6-26(7-5-16(15)21-13-22-19)20(27)17-12-18(28-23-17)14-2-3-14/h12-14H,2-11H2,1H3. The van der Waals surface area contributed by atoms with Gasteiger partial charge in [0.25, 0.3) is 5.91 Å². The van der Waals surface area contributed by atoms with Gasteiger partial charge in [0.2, 0.25) is 0 Å². The zero-order chi connectivity index (χ0) is 19.1. The van der Waals surface area contributed by atoms with E-state index in [1.807, 2.05) is 11.0 Å². The third-order valence-corrected chi connectivity index (χ3v) is 6.08. The maximum absolute atomic E-state index is 12.9. The number of carbonyl (C=O) groups excluding carboxylic acids is 1. The fourth-order valence-corrected chi connectivity index (χ4v) is 4.12. The van der Waals surface area contributed by atoms with E-state index in [1.54, 1.807) is 6.33 Å². The summed E-state index contributed by atoms with van der Waals surface area (Å²) >= 11 is 0. The second-order valence-corrected chi connectivity index (χ2v) is 8.09. The van der Waals surface area contributed by atoms with Crippen molar-refractivity contribution in [2.75, 3.05) is 51.2 Å². The molecule has 4 heterocycles. The van der Waals surface area contributed by atoms with Crippen LogP contribution in [0.1, 0.15) is 46.3 Å². The minimum absolute atomic E-state index is 0.0439. The topological polar surface area (TPSA) is 78.6 Å². The molecule has 2 fully saturated rings. The molecule has 0 N–H and O–H groups in total. The average molecular weight is 382 g/mol. The fourth-order valence-electron chi connectivity index (χ4n) is 4.12. The van der Waals surface area contributed by atoms with E-state index in [9.17, 15) is 4.79 Å². The zero-order valence-electron chi connectivity index (χ0n) is 16.3. The van der Waals surface area contributed by atoms with E-state index < -0.39 is 0 Å². The molecule has 0 radical (unpaired) electrons. The number of rotatable bonds is 3. The first-order valence-corrected chi connectivity index (χ1v) is 10.2. The van der Waals surface area contributed by atoms with Crippen LogP contribution in [0.25, 0.3) is 0 Å². The summed E-state index contributed by atoms with van der Waals surface area (Å²) in [4.78, 5) is 28.6. The first kappa shape index (κ1) is 17.6. The highest BCUT2D eigenvalue weighted by molar-refractivity contribution is 5.92. The van der Waals surface area contributed by atoms with Crippen LogP contribution in [-0.2, 0) is 12.8 Å². The van der Waals surface area contributed by atoms with E-state index in [1.165, 1.54) is 5.56 Å². The van der Waals surface area contributed by atoms with Gasteiger partial charge in [0, 0.05) is 63.2 Å². The van der Waals surface area contributed by atoms with Gasteiger partial charge in [-0.15, -0.1) is 0 Å². The van der Waals surface area contributed by atoms with Crippen LogP contribution in [0.5, 0.6) is 0 Å². The summed E-state index contributed by atoms with van der Waals surface area (Å²) in [6, 6.07) is 1.83. The molecule has 0 spiro atoms. The highest BCUT2D eigenvalue weighted by atomic mass is 16.5. The van der Waals surface area contributed by atoms with Gasteiger partial charge in [-0.25, -0.2) is 9.97 Å². The molecule has 2 aromatic rings. The van der Waals surface area contributed by atoms with Crippen LogP contribution in [0.4, 0.5) is 5.82 Å². The molecule has 2 aromatic heterocycles. The van der Waals surface area contributed by atoms with Crippen molar-refractivity contribution >= 4 is 11.7 Å². The molecule has 1 amide bonds. The smallest absolute Gasteiger partial charge is 0.276 e. The van der Waals surface area contributed by atoms with Crippen LogP contribution < -0.4 is 4.90 Å². The van der Waals surface area contributed by atoms with Gasteiger partial charge >= 0.3 is 0 Å². The van der Waals surface area contributed by atoms with E-state index in [4.69, 9.17) is 4.52 Å². The first-order valence-electron chi connectivity index (χ1n) is 10.2. The monoisotopic (exact) mass is 382 g/mol. The van der Waals surface area contributed by atoms with Crippen molar-refractivity contribution in [1.82, 2.24) is 24.9 Å². The average Bonchev–Trinajstić information content (AvgIpc) is 3.49. The summed E-state index contributed by atoms with van der Waals surface area (Å²) in [5, 5.41) is 4.02. The minimum Gasteiger partial charge on any atom is -0.360 e. The number of nitrogens with zero attached hydrogens (tertiary/aromatic N) is 6. The molecule has 1 saturated carbocycles. The van der Waals surface area contributed by atoms with Crippen molar-refractivity contribution in [2.45, 2.75) is 31.6 Å². The second kappa shape index (κ2) is 7.16. The van der Waals surface area contributed by atoms with Crippen molar-refractivity contribution in [2.24, 2.45) is 0 Å². The Hall–Kier alpha value is -2.48. The lowest BCUT2D eigenvalue weighted by Gasteiger charge is -2.34. The van der Waals surface area contributed by atoms with E-state index in [-0.39, 0.29) is 5.91 Å². The Morgan fingerprint density at radius 2 is 1.86 bits per heavy atom. The quantitative estimate of drug-likeness (QED) is 0.792. The third kappa shape index (κ3) is 3.37. The summed E-state index contributed by atoms with van der Waals surface area (Å²) in [5.74, 6) is 2.32. The SMILES string of the molecule is CN1CCN(c2ncnc3c2CCN(C(=O)c2cc(C4CC4)on2)CC3)CC1. The van der Waals surface area contributed by atoms with Crippen molar-refractivity contribution in [1.29, 1.82) is 0 Å². The van der Waals surface area contributed by atoms with Gasteiger partial charge in [0.15, 0.2) is 5.69 Å². The Balaban J connectivity index is 1.32. The minimum atomic E-state index is -0.0439. The maximum atomic E-state index is 12.9. The summed E-state index contributed by atoms with van der Waals surface area (Å²) < 4.78 is 5.37. The maximum Gasteiger partial charge on any atom is 0.276 e. The molecular formula is C20H26N6O2. The van der Waals surface area contributed by atoms with Crippen LogP contribution >= 0.6 is 0 Å². The number of amides is 1. The number of aromatic nitrogens is 3. The molecule has 0 aromatic carbocycles. The predicted molar refractivity (Wildman–Crippen MR) is 104 cm³/mol. The van der Waals surface area contributed by atoms with Crippen molar-refractivity contribution in [3.05, 3.63) is 35.1 Å². The predicted octanol–water partition coefficient (Wildman–Crippen LogP) is 1.33. The van der Waals surface area contributed by atoms with Crippen molar-refractivity contribution < 1.29 is 9.32 Å². The number of likely N-dealkylation sites (N-methyl/N-ethyl adjacent to an activating group) is 1. The van der Waals surface area contributed by atoms with Crippen LogP contribution in [-0.4, -0.2) is 77.1 Å². The highest BCUT2D eigenvalue weighted by Crippen LogP contribution is 2.40. The zero-order valence-corrected chi connectivity index (χ0v) is 16.3. The molecule has 148 valence electrons. The van der Waals surface area contributed by atoms with Crippen molar-refractivity contribution in [3.8, 4) is 0 Å². The normalized spacial score (nSPS) is 20.8. The number of anilines is 1. The molecule has 0 atom stereocenters. The third-order valence-electron chi connectivity index (χ3n) is 6.08. The number of hydrogen-bond donors (Lipinski definition) is 0. The van der Waals surface area contributed by atoms with Crippen LogP contribution in [0.15, 0.2) is 16.9 Å². The van der Waals surface area contributed by atoms with Crippen molar-refractivity contribution in [3.63, 3.8) is 0 Å². The summed E-state index contributed by atoms with van der Waals surface area (Å²) in [6.07, 6.45) is 5.46. The molecule has 1 aliphatic carbocycles. The van der Waals surface area contributed by atoms with Gasteiger partial charge in [0.05, 0.1) is 5.69 Å². The van der Waals surface area contributed by atoms with E-state index >= 15 is 0 Å². The molecule has 8 nitrogen and oxygen atoms in total. The second-order valence-electron chi connectivity index (χ2n) is 8.09. The summed E-state index contributed by atoms with van der Waals surface area (Å²) in [6.45, 7) is 5.34. The molecule has 28 heavy (non-hydrogen) atoms. The number of piperazine rings is 1. The summed E-state index contributed by atoms with van der Waals surface area (Å²) in [7, 11) is 2.15. The molecule has 3 aliphatic rings. The van der Waals surface area contributed by atoms with Gasteiger partial charge in [-0.3, -0.25) is 4.79 Å². The van der Waals surface area contributed by atoms with E-state index in [2.05, 4.69) is 32.0 Å². The lowest BCUT2D eigenvalue weighted by atomic mass is 10.1. The summed E-state index contributed by atoms with van der Waals surface area (Å²) in [5.41, 5.74) is 2.69. The van der Waals surface area contributed by atoms with Crippen LogP contribution in [0, 0.1) is 0 Å². The fraction of sp³-hybridized carbons (Fsp3) is 0.600. The Morgan fingerprint density at radius 1 is 1.07 bits per heavy atom. The number of fused-ring (bicyclic) bond motifs is 1. The highest BCUT2D eigenvalue weighted by Gasteiger charge is 2.31. The lowest BCUT2D eigenvalue weighted by Crippen LogP contribution is -2.45. The Kier molecular flexibility index (Phi) is 4.50. The largest absolute Gasteiger partial charge is 0.360 e. The van der Waals surface area contributed by atoms with Crippen LogP contribution in [0.2, 0.25) is 0 Å². The lowest BCUT2D eigenvalue weighted by molar-refractivity contribution is 0.0752. The number of hydrogen-bond acceptors (Lipinski definition) is 7. The molecule has 0 bridgehead atoms.